The van der Waals surface area contributed by atoms with Gasteiger partial charge in [0.05, 0.1) is 5.92 Å². The molecule has 100 valence electrons. The number of aliphatic carboxylic acids is 1. The second kappa shape index (κ2) is 7.73. The lowest BCUT2D eigenvalue weighted by Crippen LogP contribution is -2.25. The van der Waals surface area contributed by atoms with Crippen molar-refractivity contribution in [3.05, 3.63) is 0 Å². The Balaban J connectivity index is 2.34. The van der Waals surface area contributed by atoms with Crippen molar-refractivity contribution in [2.75, 3.05) is 0 Å². The van der Waals surface area contributed by atoms with E-state index in [4.69, 9.17) is 0 Å². The third kappa shape index (κ3) is 5.10. The first-order valence-electron chi connectivity index (χ1n) is 7.38. The molecule has 0 saturated heterocycles. The quantitative estimate of drug-likeness (QED) is 0.712. The van der Waals surface area contributed by atoms with Gasteiger partial charge in [-0.1, -0.05) is 52.4 Å². The van der Waals surface area contributed by atoms with E-state index in [0.717, 1.165) is 31.6 Å². The first-order chi connectivity index (χ1) is 8.15. The highest BCUT2D eigenvalue weighted by Gasteiger charge is 2.28. The SMILES string of the molecule is CCC(C)CCCC(C(=O)O)C1CCCCC1. The zero-order chi connectivity index (χ0) is 12.7. The molecule has 2 atom stereocenters. The van der Waals surface area contributed by atoms with Gasteiger partial charge in [0, 0.05) is 0 Å². The average Bonchev–Trinajstić information content (AvgIpc) is 2.34. The number of carboxylic acid groups (broad SMARTS) is 1. The van der Waals surface area contributed by atoms with E-state index in [9.17, 15) is 9.90 Å². The van der Waals surface area contributed by atoms with Crippen LogP contribution in [0.5, 0.6) is 0 Å². The van der Waals surface area contributed by atoms with Crippen molar-refractivity contribution in [1.82, 2.24) is 0 Å². The Hall–Kier alpha value is -0.530. The Morgan fingerprint density at radius 3 is 2.41 bits per heavy atom. The molecule has 0 bridgehead atoms. The largest absolute Gasteiger partial charge is 0.481 e. The lowest BCUT2D eigenvalue weighted by atomic mass is 9.77. The van der Waals surface area contributed by atoms with Crippen molar-refractivity contribution in [2.45, 2.75) is 71.6 Å². The summed E-state index contributed by atoms with van der Waals surface area (Å²) < 4.78 is 0. The van der Waals surface area contributed by atoms with Gasteiger partial charge in [-0.2, -0.15) is 0 Å². The highest BCUT2D eigenvalue weighted by Crippen LogP contribution is 2.33. The summed E-state index contributed by atoms with van der Waals surface area (Å²) in [6.45, 7) is 4.47. The molecule has 1 fully saturated rings. The van der Waals surface area contributed by atoms with Crippen molar-refractivity contribution in [3.8, 4) is 0 Å². The molecule has 0 aliphatic heterocycles. The Morgan fingerprint density at radius 1 is 1.24 bits per heavy atom. The van der Waals surface area contributed by atoms with E-state index in [-0.39, 0.29) is 5.92 Å². The van der Waals surface area contributed by atoms with Crippen LogP contribution in [0.25, 0.3) is 0 Å². The molecular formula is C15H28O2. The molecule has 17 heavy (non-hydrogen) atoms. The minimum Gasteiger partial charge on any atom is -0.481 e. The molecule has 2 unspecified atom stereocenters. The second-order valence-corrected chi connectivity index (χ2v) is 5.79. The highest BCUT2D eigenvalue weighted by molar-refractivity contribution is 5.70. The van der Waals surface area contributed by atoms with Crippen LogP contribution in [0.15, 0.2) is 0 Å². The molecule has 0 aromatic carbocycles. The van der Waals surface area contributed by atoms with Crippen molar-refractivity contribution < 1.29 is 9.90 Å². The van der Waals surface area contributed by atoms with Gasteiger partial charge in [0.15, 0.2) is 0 Å². The molecule has 2 nitrogen and oxygen atoms in total. The summed E-state index contributed by atoms with van der Waals surface area (Å²) in [6.07, 6.45) is 10.4. The van der Waals surface area contributed by atoms with E-state index < -0.39 is 5.97 Å². The predicted molar refractivity (Wildman–Crippen MR) is 71.0 cm³/mol. The van der Waals surface area contributed by atoms with E-state index in [2.05, 4.69) is 13.8 Å². The van der Waals surface area contributed by atoms with Crippen LogP contribution >= 0.6 is 0 Å². The highest BCUT2D eigenvalue weighted by atomic mass is 16.4. The molecule has 1 aliphatic rings. The van der Waals surface area contributed by atoms with Crippen LogP contribution in [0, 0.1) is 17.8 Å². The zero-order valence-electron chi connectivity index (χ0n) is 11.5. The third-order valence-corrected chi connectivity index (χ3v) is 4.45. The maximum atomic E-state index is 11.3. The van der Waals surface area contributed by atoms with Crippen LogP contribution in [0.3, 0.4) is 0 Å². The van der Waals surface area contributed by atoms with E-state index in [1.54, 1.807) is 0 Å². The Bertz CT molecular complexity index is 219. The summed E-state index contributed by atoms with van der Waals surface area (Å²) in [5.74, 6) is 0.578. The number of carbonyl (C=O) groups is 1. The molecule has 0 spiro atoms. The van der Waals surface area contributed by atoms with E-state index in [0.29, 0.717) is 5.92 Å². The molecular weight excluding hydrogens is 212 g/mol. The van der Waals surface area contributed by atoms with E-state index >= 15 is 0 Å². The van der Waals surface area contributed by atoms with Crippen molar-refractivity contribution in [1.29, 1.82) is 0 Å². The number of hydrogen-bond donors (Lipinski definition) is 1. The second-order valence-electron chi connectivity index (χ2n) is 5.79. The van der Waals surface area contributed by atoms with Gasteiger partial charge in [-0.05, 0) is 31.1 Å². The number of carboxylic acids is 1. The van der Waals surface area contributed by atoms with Gasteiger partial charge in [-0.3, -0.25) is 4.79 Å². The van der Waals surface area contributed by atoms with Crippen LogP contribution in [0.2, 0.25) is 0 Å². The molecule has 2 heteroatoms. The maximum Gasteiger partial charge on any atom is 0.306 e. The summed E-state index contributed by atoms with van der Waals surface area (Å²) >= 11 is 0. The van der Waals surface area contributed by atoms with Crippen LogP contribution in [-0.4, -0.2) is 11.1 Å². The molecule has 1 rings (SSSR count). The van der Waals surface area contributed by atoms with Gasteiger partial charge in [0.25, 0.3) is 0 Å². The minimum atomic E-state index is -0.555. The molecule has 1 N–H and O–H groups in total. The fraction of sp³-hybridized carbons (Fsp3) is 0.933. The first-order valence-corrected chi connectivity index (χ1v) is 7.38. The van der Waals surface area contributed by atoms with Crippen LogP contribution in [-0.2, 0) is 4.79 Å². The summed E-state index contributed by atoms with van der Waals surface area (Å²) in [5.41, 5.74) is 0. The molecule has 1 aliphatic carbocycles. The van der Waals surface area contributed by atoms with Crippen molar-refractivity contribution in [2.24, 2.45) is 17.8 Å². The van der Waals surface area contributed by atoms with E-state index in [1.165, 1.54) is 32.1 Å². The number of hydrogen-bond acceptors (Lipinski definition) is 1. The Kier molecular flexibility index (Phi) is 6.61. The standard InChI is InChI=1S/C15H28O2/c1-3-12(2)8-7-11-14(15(16)17)13-9-5-4-6-10-13/h12-14H,3-11H2,1-2H3,(H,16,17). The van der Waals surface area contributed by atoms with Gasteiger partial charge in [0.1, 0.15) is 0 Å². The first kappa shape index (κ1) is 14.5. The molecule has 0 aromatic rings. The molecule has 0 aromatic heterocycles. The van der Waals surface area contributed by atoms with Crippen molar-refractivity contribution in [3.63, 3.8) is 0 Å². The normalized spacial score (nSPS) is 21.1. The third-order valence-electron chi connectivity index (χ3n) is 4.45. The van der Waals surface area contributed by atoms with Gasteiger partial charge >= 0.3 is 5.97 Å². The van der Waals surface area contributed by atoms with Gasteiger partial charge in [0.2, 0.25) is 0 Å². The maximum absolute atomic E-state index is 11.3. The molecule has 0 radical (unpaired) electrons. The summed E-state index contributed by atoms with van der Waals surface area (Å²) in [4.78, 5) is 11.3. The predicted octanol–water partition coefficient (Wildman–Crippen LogP) is 4.48. The lowest BCUT2D eigenvalue weighted by molar-refractivity contribution is -0.144. The van der Waals surface area contributed by atoms with Gasteiger partial charge in [-0.25, -0.2) is 0 Å². The Morgan fingerprint density at radius 2 is 1.88 bits per heavy atom. The summed E-state index contributed by atoms with van der Waals surface area (Å²) in [5, 5.41) is 9.35. The average molecular weight is 240 g/mol. The molecule has 0 amide bonds. The van der Waals surface area contributed by atoms with Crippen LogP contribution in [0.1, 0.15) is 71.6 Å². The minimum absolute atomic E-state index is 0.0700. The summed E-state index contributed by atoms with van der Waals surface area (Å²) in [6, 6.07) is 0. The smallest absolute Gasteiger partial charge is 0.306 e. The lowest BCUT2D eigenvalue weighted by Gasteiger charge is -2.27. The zero-order valence-corrected chi connectivity index (χ0v) is 11.5. The van der Waals surface area contributed by atoms with Crippen LogP contribution < -0.4 is 0 Å². The summed E-state index contributed by atoms with van der Waals surface area (Å²) in [7, 11) is 0. The molecule has 0 heterocycles. The monoisotopic (exact) mass is 240 g/mol. The van der Waals surface area contributed by atoms with Gasteiger partial charge in [-0.15, -0.1) is 0 Å². The molecule has 1 saturated carbocycles. The van der Waals surface area contributed by atoms with Crippen molar-refractivity contribution >= 4 is 5.97 Å². The number of rotatable bonds is 7. The van der Waals surface area contributed by atoms with E-state index in [1.807, 2.05) is 0 Å². The van der Waals surface area contributed by atoms with Crippen LogP contribution in [0.4, 0.5) is 0 Å². The fourth-order valence-corrected chi connectivity index (χ4v) is 2.99. The Labute approximate surface area is 106 Å². The fourth-order valence-electron chi connectivity index (χ4n) is 2.99. The van der Waals surface area contributed by atoms with Gasteiger partial charge < -0.3 is 5.11 Å². The topological polar surface area (TPSA) is 37.3 Å².